The van der Waals surface area contributed by atoms with Gasteiger partial charge in [0.2, 0.25) is 0 Å². The van der Waals surface area contributed by atoms with Crippen molar-refractivity contribution in [2.45, 2.75) is 44.2 Å². The topological polar surface area (TPSA) is 63.2 Å². The number of ether oxygens (including phenoxy) is 1. The number of carbonyl (C=O) groups excluding carboxylic acids is 1. The van der Waals surface area contributed by atoms with E-state index in [2.05, 4.69) is 15.6 Å². The van der Waals surface area contributed by atoms with Crippen LogP contribution in [0, 0.1) is 0 Å². The average molecular weight is 283 g/mol. The van der Waals surface area contributed by atoms with E-state index in [0.29, 0.717) is 6.54 Å². The molecule has 0 unspecified atom stereocenters. The summed E-state index contributed by atoms with van der Waals surface area (Å²) in [7, 11) is 1.71. The highest BCUT2D eigenvalue weighted by atomic mass is 32.1. The van der Waals surface area contributed by atoms with E-state index in [1.54, 1.807) is 24.6 Å². The van der Waals surface area contributed by atoms with Crippen molar-refractivity contribution < 1.29 is 9.53 Å². The first kappa shape index (κ1) is 14.3. The Bertz CT molecular complexity index is 399. The summed E-state index contributed by atoms with van der Waals surface area (Å²) < 4.78 is 5.47. The van der Waals surface area contributed by atoms with E-state index in [9.17, 15) is 4.79 Å². The number of nitrogens with zero attached hydrogens (tertiary/aromatic N) is 1. The number of hydrogen-bond acceptors (Lipinski definition) is 4. The summed E-state index contributed by atoms with van der Waals surface area (Å²) in [5.41, 5.74) is -0.139. The zero-order valence-corrected chi connectivity index (χ0v) is 12.3. The third-order valence-electron chi connectivity index (χ3n) is 3.73. The third-order valence-corrected chi connectivity index (χ3v) is 4.62. The van der Waals surface area contributed by atoms with Crippen LogP contribution < -0.4 is 10.6 Å². The summed E-state index contributed by atoms with van der Waals surface area (Å²) in [5.74, 6) is 0. The van der Waals surface area contributed by atoms with E-state index >= 15 is 0 Å². The van der Waals surface area contributed by atoms with Crippen LogP contribution in [0.1, 0.15) is 43.7 Å². The van der Waals surface area contributed by atoms with Gasteiger partial charge in [-0.1, -0.05) is 6.92 Å². The lowest BCUT2D eigenvalue weighted by molar-refractivity contribution is -0.0674. The summed E-state index contributed by atoms with van der Waals surface area (Å²) in [4.78, 5) is 16.2. The standard InChI is InChI=1S/C13H21N3O2S/c1-3-10(11-14-7-8-19-11)16-12(17)15-9-13(18-2)5-4-6-13/h7-8,10H,3-6,9H2,1-2H3,(H2,15,16,17)/t10-/m0/s1. The highest BCUT2D eigenvalue weighted by molar-refractivity contribution is 7.09. The number of nitrogens with one attached hydrogen (secondary N) is 2. The van der Waals surface area contributed by atoms with E-state index in [0.717, 1.165) is 24.3 Å². The molecule has 1 fully saturated rings. The molecule has 106 valence electrons. The third kappa shape index (κ3) is 3.45. The maximum Gasteiger partial charge on any atom is 0.315 e. The molecule has 0 spiro atoms. The fourth-order valence-corrected chi connectivity index (χ4v) is 2.99. The molecule has 2 N–H and O–H groups in total. The number of aromatic nitrogens is 1. The maximum absolute atomic E-state index is 11.9. The van der Waals surface area contributed by atoms with E-state index in [1.165, 1.54) is 6.42 Å². The predicted molar refractivity (Wildman–Crippen MR) is 75.3 cm³/mol. The lowest BCUT2D eigenvalue weighted by Gasteiger charge is -2.40. The zero-order chi connectivity index (χ0) is 13.7. The predicted octanol–water partition coefficient (Wildman–Crippen LogP) is 2.46. The van der Waals surface area contributed by atoms with Crippen molar-refractivity contribution >= 4 is 17.4 Å². The molecule has 0 saturated heterocycles. The van der Waals surface area contributed by atoms with Gasteiger partial charge in [-0.2, -0.15) is 0 Å². The first-order valence-electron chi connectivity index (χ1n) is 6.68. The Morgan fingerprint density at radius 1 is 1.63 bits per heavy atom. The van der Waals surface area contributed by atoms with E-state index in [4.69, 9.17) is 4.74 Å². The average Bonchev–Trinajstić information content (AvgIpc) is 2.89. The van der Waals surface area contributed by atoms with Gasteiger partial charge in [-0.05, 0) is 25.7 Å². The Balaban J connectivity index is 1.80. The van der Waals surface area contributed by atoms with Gasteiger partial charge in [0.05, 0.1) is 11.6 Å². The highest BCUT2D eigenvalue weighted by Crippen LogP contribution is 2.34. The lowest BCUT2D eigenvalue weighted by atomic mass is 9.80. The van der Waals surface area contributed by atoms with Crippen LogP contribution in [-0.2, 0) is 4.74 Å². The molecule has 1 aliphatic rings. The fourth-order valence-electron chi connectivity index (χ4n) is 2.22. The minimum Gasteiger partial charge on any atom is -0.376 e. The van der Waals surface area contributed by atoms with Crippen molar-refractivity contribution in [2.75, 3.05) is 13.7 Å². The van der Waals surface area contributed by atoms with Gasteiger partial charge in [0.1, 0.15) is 5.01 Å². The van der Waals surface area contributed by atoms with Gasteiger partial charge >= 0.3 is 6.03 Å². The molecule has 1 heterocycles. The van der Waals surface area contributed by atoms with Crippen molar-refractivity contribution in [1.82, 2.24) is 15.6 Å². The molecule has 0 bridgehead atoms. The van der Waals surface area contributed by atoms with Gasteiger partial charge in [-0.3, -0.25) is 0 Å². The van der Waals surface area contributed by atoms with Gasteiger partial charge in [0.15, 0.2) is 0 Å². The van der Waals surface area contributed by atoms with Crippen LogP contribution in [0.2, 0.25) is 0 Å². The smallest absolute Gasteiger partial charge is 0.315 e. The van der Waals surface area contributed by atoms with Gasteiger partial charge in [-0.15, -0.1) is 11.3 Å². The number of thiazole rings is 1. The maximum atomic E-state index is 11.9. The lowest BCUT2D eigenvalue weighted by Crippen LogP contribution is -2.51. The number of rotatable bonds is 6. The van der Waals surface area contributed by atoms with Gasteiger partial charge in [-0.25, -0.2) is 9.78 Å². The minimum absolute atomic E-state index is 0.0140. The first-order chi connectivity index (χ1) is 9.19. The van der Waals surface area contributed by atoms with Gasteiger partial charge in [0.25, 0.3) is 0 Å². The van der Waals surface area contributed by atoms with E-state index in [-0.39, 0.29) is 17.7 Å². The van der Waals surface area contributed by atoms with Crippen LogP contribution >= 0.6 is 11.3 Å². The molecule has 0 aromatic carbocycles. The molecule has 0 radical (unpaired) electrons. The Morgan fingerprint density at radius 3 is 2.89 bits per heavy atom. The van der Waals surface area contributed by atoms with Crippen molar-refractivity contribution in [3.63, 3.8) is 0 Å². The zero-order valence-electron chi connectivity index (χ0n) is 11.4. The summed E-state index contributed by atoms with van der Waals surface area (Å²) >= 11 is 1.56. The van der Waals surface area contributed by atoms with Crippen molar-refractivity contribution in [3.05, 3.63) is 16.6 Å². The molecular formula is C13H21N3O2S. The Labute approximate surface area is 117 Å². The molecule has 2 rings (SSSR count). The van der Waals surface area contributed by atoms with E-state index in [1.807, 2.05) is 12.3 Å². The van der Waals surface area contributed by atoms with Crippen molar-refractivity contribution in [3.8, 4) is 0 Å². The SMILES string of the molecule is CC[C@H](NC(=O)NCC1(OC)CCC1)c1nccs1. The molecule has 1 aliphatic carbocycles. The quantitative estimate of drug-likeness (QED) is 0.843. The van der Waals surface area contributed by atoms with Crippen LogP contribution in [0.5, 0.6) is 0 Å². The largest absolute Gasteiger partial charge is 0.376 e. The van der Waals surface area contributed by atoms with Gasteiger partial charge < -0.3 is 15.4 Å². The summed E-state index contributed by atoms with van der Waals surface area (Å²) in [6.07, 6.45) is 5.81. The molecular weight excluding hydrogens is 262 g/mol. The Morgan fingerprint density at radius 2 is 2.42 bits per heavy atom. The summed E-state index contributed by atoms with van der Waals surface area (Å²) in [5, 5.41) is 8.73. The second-order valence-corrected chi connectivity index (χ2v) is 5.83. The molecule has 5 nitrogen and oxygen atoms in total. The minimum atomic E-state index is -0.148. The molecule has 1 aromatic rings. The van der Waals surface area contributed by atoms with Crippen LogP contribution in [0.3, 0.4) is 0 Å². The monoisotopic (exact) mass is 283 g/mol. The fraction of sp³-hybridized carbons (Fsp3) is 0.692. The molecule has 1 atom stereocenters. The van der Waals surface area contributed by atoms with E-state index < -0.39 is 0 Å². The number of carbonyl (C=O) groups is 1. The van der Waals surface area contributed by atoms with Crippen molar-refractivity contribution in [2.24, 2.45) is 0 Å². The number of methoxy groups -OCH3 is 1. The first-order valence-corrected chi connectivity index (χ1v) is 7.56. The molecule has 19 heavy (non-hydrogen) atoms. The highest BCUT2D eigenvalue weighted by Gasteiger charge is 2.37. The molecule has 0 aliphatic heterocycles. The van der Waals surface area contributed by atoms with Crippen LogP contribution in [0.15, 0.2) is 11.6 Å². The normalized spacial score (nSPS) is 18.4. The molecule has 2 amide bonds. The van der Waals surface area contributed by atoms with Crippen LogP contribution in [0.4, 0.5) is 4.79 Å². The Hall–Kier alpha value is -1.14. The van der Waals surface area contributed by atoms with Crippen molar-refractivity contribution in [1.29, 1.82) is 0 Å². The summed E-state index contributed by atoms with van der Waals surface area (Å²) in [6.45, 7) is 2.61. The van der Waals surface area contributed by atoms with Gasteiger partial charge in [0, 0.05) is 25.2 Å². The second-order valence-electron chi connectivity index (χ2n) is 4.90. The number of amides is 2. The Kier molecular flexibility index (Phi) is 4.76. The molecule has 1 saturated carbocycles. The van der Waals surface area contributed by atoms with Crippen LogP contribution in [0.25, 0.3) is 0 Å². The molecule has 6 heteroatoms. The van der Waals surface area contributed by atoms with Crippen LogP contribution in [-0.4, -0.2) is 30.3 Å². The molecule has 1 aromatic heterocycles. The second kappa shape index (κ2) is 6.34. The number of urea groups is 1. The number of hydrogen-bond donors (Lipinski definition) is 2. The summed E-state index contributed by atoms with van der Waals surface area (Å²) in [6, 6.07) is -0.162.